The second-order valence-corrected chi connectivity index (χ2v) is 5.45. The van der Waals surface area contributed by atoms with Crippen LogP contribution in [0.1, 0.15) is 52.4 Å². The van der Waals surface area contributed by atoms with Crippen LogP contribution in [0.3, 0.4) is 0 Å². The lowest BCUT2D eigenvalue weighted by Crippen LogP contribution is -2.51. The van der Waals surface area contributed by atoms with Gasteiger partial charge in [0, 0.05) is 6.04 Å². The maximum Gasteiger partial charge on any atom is 0.160 e. The highest BCUT2D eigenvalue weighted by atomic mass is 16.1. The Morgan fingerprint density at radius 2 is 1.95 bits per heavy atom. The third-order valence-corrected chi connectivity index (χ3v) is 4.00. The van der Waals surface area contributed by atoms with Crippen LogP contribution in [0, 0.1) is 0 Å². The Hall–Kier alpha value is -1.23. The monoisotopic (exact) mass is 266 g/mol. The van der Waals surface area contributed by atoms with Crippen molar-refractivity contribution in [3.8, 4) is 0 Å². The second kappa shape index (κ2) is 6.28. The van der Waals surface area contributed by atoms with E-state index in [9.17, 15) is 4.79 Å². The molecule has 0 unspecified atom stereocenters. The summed E-state index contributed by atoms with van der Waals surface area (Å²) in [5, 5.41) is 4.19. The molecule has 5 heteroatoms. The van der Waals surface area contributed by atoms with Crippen LogP contribution >= 0.6 is 0 Å². The molecular weight excluding hydrogens is 240 g/mol. The first-order chi connectivity index (χ1) is 8.89. The molecule has 0 saturated carbocycles. The topological polar surface area (TPSA) is 51.0 Å². The molecule has 0 aliphatic carbocycles. The van der Waals surface area contributed by atoms with Crippen molar-refractivity contribution in [3.05, 3.63) is 12.2 Å². The Balaban J connectivity index is 2.97. The molecule has 0 bridgehead atoms. The van der Waals surface area contributed by atoms with Crippen molar-refractivity contribution in [1.29, 1.82) is 0 Å². The Bertz CT molecular complexity index is 419. The van der Waals surface area contributed by atoms with Crippen molar-refractivity contribution < 1.29 is 4.79 Å². The minimum Gasteiger partial charge on any atom is -0.297 e. The third kappa shape index (κ3) is 3.03. The maximum absolute atomic E-state index is 12.7. The summed E-state index contributed by atoms with van der Waals surface area (Å²) in [6.45, 7) is 8.21. The molecule has 19 heavy (non-hydrogen) atoms. The van der Waals surface area contributed by atoms with Gasteiger partial charge in [-0.1, -0.05) is 13.8 Å². The highest BCUT2D eigenvalue weighted by Gasteiger charge is 2.37. The number of hydrogen-bond donors (Lipinski definition) is 0. The Morgan fingerprint density at radius 3 is 2.37 bits per heavy atom. The molecule has 5 nitrogen and oxygen atoms in total. The summed E-state index contributed by atoms with van der Waals surface area (Å²) >= 11 is 0. The molecule has 0 aromatic carbocycles. The average Bonchev–Trinajstić information content (AvgIpc) is 2.79. The molecule has 1 aromatic rings. The van der Waals surface area contributed by atoms with Crippen LogP contribution in [0.25, 0.3) is 0 Å². The van der Waals surface area contributed by atoms with Gasteiger partial charge < -0.3 is 0 Å². The molecule has 0 spiro atoms. The molecule has 1 rings (SSSR count). The van der Waals surface area contributed by atoms with Crippen molar-refractivity contribution in [2.75, 3.05) is 14.1 Å². The summed E-state index contributed by atoms with van der Waals surface area (Å²) in [6.07, 6.45) is 3.49. The van der Waals surface area contributed by atoms with Gasteiger partial charge in [-0.25, -0.2) is 9.67 Å². The molecule has 0 fully saturated rings. The van der Waals surface area contributed by atoms with Gasteiger partial charge in [-0.15, -0.1) is 0 Å². The van der Waals surface area contributed by atoms with Crippen molar-refractivity contribution in [1.82, 2.24) is 19.7 Å². The van der Waals surface area contributed by atoms with E-state index >= 15 is 0 Å². The number of carbonyl (C=O) groups is 1. The molecule has 1 aromatic heterocycles. The van der Waals surface area contributed by atoms with Crippen LogP contribution in [0.4, 0.5) is 0 Å². The van der Waals surface area contributed by atoms with Crippen LogP contribution in [0.2, 0.25) is 0 Å². The van der Waals surface area contributed by atoms with Gasteiger partial charge in [0.2, 0.25) is 0 Å². The second-order valence-electron chi connectivity index (χ2n) is 5.45. The fourth-order valence-electron chi connectivity index (χ4n) is 2.67. The largest absolute Gasteiger partial charge is 0.297 e. The van der Waals surface area contributed by atoms with Crippen molar-refractivity contribution in [3.63, 3.8) is 0 Å². The van der Waals surface area contributed by atoms with E-state index in [1.807, 2.05) is 37.5 Å². The van der Waals surface area contributed by atoms with E-state index in [0.29, 0.717) is 6.42 Å². The van der Waals surface area contributed by atoms with Crippen molar-refractivity contribution in [2.45, 2.75) is 58.5 Å². The molecule has 0 atom stereocenters. The fraction of sp³-hybridized carbons (Fsp3) is 0.786. The van der Waals surface area contributed by atoms with Gasteiger partial charge in [-0.05, 0) is 40.8 Å². The lowest BCUT2D eigenvalue weighted by atomic mass is 9.85. The minimum atomic E-state index is -0.395. The number of carbonyl (C=O) groups excluding carboxylic acids is 1. The van der Waals surface area contributed by atoms with Crippen LogP contribution in [0.15, 0.2) is 6.33 Å². The predicted octanol–water partition coefficient (Wildman–Crippen LogP) is 2.09. The molecule has 1 heterocycles. The predicted molar refractivity (Wildman–Crippen MR) is 76.1 cm³/mol. The van der Waals surface area contributed by atoms with Gasteiger partial charge >= 0.3 is 0 Å². The van der Waals surface area contributed by atoms with Gasteiger partial charge in [-0.3, -0.25) is 9.69 Å². The van der Waals surface area contributed by atoms with E-state index in [0.717, 1.165) is 18.7 Å². The quantitative estimate of drug-likeness (QED) is 0.758. The molecular formula is C14H26N4O. The van der Waals surface area contributed by atoms with Crippen LogP contribution in [0.5, 0.6) is 0 Å². The summed E-state index contributed by atoms with van der Waals surface area (Å²) in [7, 11) is 3.94. The van der Waals surface area contributed by atoms with Gasteiger partial charge in [0.25, 0.3) is 0 Å². The van der Waals surface area contributed by atoms with E-state index in [1.165, 1.54) is 6.33 Å². The summed E-state index contributed by atoms with van der Waals surface area (Å²) < 4.78 is 1.82. The summed E-state index contributed by atoms with van der Waals surface area (Å²) in [5.41, 5.74) is -0.395. The third-order valence-electron chi connectivity index (χ3n) is 4.00. The van der Waals surface area contributed by atoms with Gasteiger partial charge in [-0.2, -0.15) is 5.10 Å². The van der Waals surface area contributed by atoms with Crippen molar-refractivity contribution in [2.24, 2.45) is 0 Å². The number of hydrogen-bond acceptors (Lipinski definition) is 4. The Labute approximate surface area is 116 Å². The van der Waals surface area contributed by atoms with E-state index in [4.69, 9.17) is 0 Å². The lowest BCUT2D eigenvalue weighted by Gasteiger charge is -2.37. The molecule has 0 amide bonds. The number of Topliss-reactive ketones (excluding diaryl/α,β-unsaturated/α-hetero) is 1. The summed E-state index contributed by atoms with van der Waals surface area (Å²) in [5.74, 6) is 0.977. The molecule has 108 valence electrons. The minimum absolute atomic E-state index is 0.220. The van der Waals surface area contributed by atoms with E-state index in [2.05, 4.69) is 23.9 Å². The molecule has 0 radical (unpaired) electrons. The highest BCUT2D eigenvalue weighted by Crippen LogP contribution is 2.24. The van der Waals surface area contributed by atoms with Crippen LogP contribution in [-0.4, -0.2) is 45.1 Å². The highest BCUT2D eigenvalue weighted by molar-refractivity contribution is 5.89. The summed E-state index contributed by atoms with van der Waals surface area (Å²) in [4.78, 5) is 19.0. The standard InChI is InChI=1S/C14H26N4O/c1-7-14(8-2,17(5)6)12(19)9-13-15-10-16-18(13)11(3)4/h10-11H,7-9H2,1-6H3. The molecule has 0 N–H and O–H groups in total. The van der Waals surface area contributed by atoms with E-state index < -0.39 is 5.54 Å². The van der Waals surface area contributed by atoms with E-state index in [-0.39, 0.29) is 11.8 Å². The SMILES string of the molecule is CCC(CC)(C(=O)Cc1ncnn1C(C)C)N(C)C. The van der Waals surface area contributed by atoms with Gasteiger partial charge in [0.15, 0.2) is 5.78 Å². The Kier molecular flexibility index (Phi) is 5.23. The zero-order valence-corrected chi connectivity index (χ0v) is 13.0. The van der Waals surface area contributed by atoms with Crippen molar-refractivity contribution >= 4 is 5.78 Å². The van der Waals surface area contributed by atoms with Gasteiger partial charge in [0.05, 0.1) is 12.0 Å². The maximum atomic E-state index is 12.7. The first-order valence-corrected chi connectivity index (χ1v) is 6.98. The van der Waals surface area contributed by atoms with E-state index in [1.54, 1.807) is 0 Å². The Morgan fingerprint density at radius 1 is 1.37 bits per heavy atom. The molecule has 0 aliphatic heterocycles. The average molecular weight is 266 g/mol. The number of ketones is 1. The van der Waals surface area contributed by atoms with Crippen LogP contribution < -0.4 is 0 Å². The van der Waals surface area contributed by atoms with Crippen LogP contribution in [-0.2, 0) is 11.2 Å². The number of likely N-dealkylation sites (N-methyl/N-ethyl adjacent to an activating group) is 1. The zero-order valence-electron chi connectivity index (χ0n) is 13.0. The normalized spacial score (nSPS) is 12.4. The summed E-state index contributed by atoms with van der Waals surface area (Å²) in [6, 6.07) is 0.224. The fourth-order valence-corrected chi connectivity index (χ4v) is 2.67. The first-order valence-electron chi connectivity index (χ1n) is 6.98. The number of rotatable bonds is 7. The lowest BCUT2D eigenvalue weighted by molar-refractivity contribution is -0.129. The number of aromatic nitrogens is 3. The molecule has 0 aliphatic rings. The zero-order chi connectivity index (χ0) is 14.6. The smallest absolute Gasteiger partial charge is 0.160 e. The number of nitrogens with zero attached hydrogens (tertiary/aromatic N) is 4. The molecule has 0 saturated heterocycles. The van der Waals surface area contributed by atoms with Gasteiger partial charge in [0.1, 0.15) is 12.2 Å². The first kappa shape index (κ1) is 15.8.